The van der Waals surface area contributed by atoms with Crippen molar-refractivity contribution in [2.24, 2.45) is 0 Å². The summed E-state index contributed by atoms with van der Waals surface area (Å²) in [6.45, 7) is 0. The summed E-state index contributed by atoms with van der Waals surface area (Å²) in [5, 5.41) is 0. The summed E-state index contributed by atoms with van der Waals surface area (Å²) in [6, 6.07) is 0. The van der Waals surface area contributed by atoms with Gasteiger partial charge in [-0.3, -0.25) is 4.21 Å². The third kappa shape index (κ3) is 12.0. The summed E-state index contributed by atoms with van der Waals surface area (Å²) in [6.07, 6.45) is 5.99. The normalized spacial score (nSPS) is 11.1. The molecule has 0 saturated heterocycles. The molecule has 0 aliphatic heterocycles. The van der Waals surface area contributed by atoms with E-state index in [1.54, 1.807) is 0 Å². The molecule has 0 N–H and O–H groups in total. The molecule has 0 bridgehead atoms. The first-order valence-corrected chi connectivity index (χ1v) is 3.51. The van der Waals surface area contributed by atoms with Crippen LogP contribution in [0.3, 0.4) is 0 Å². The minimum absolute atomic E-state index is 0. The molecule has 9 heavy (non-hydrogen) atoms. The average molecular weight is 154 g/mol. The van der Waals surface area contributed by atoms with E-state index in [4.69, 9.17) is 6.42 Å². The Kier molecular flexibility index (Phi) is 11.9. The zero-order valence-corrected chi connectivity index (χ0v) is 8.24. The standard InChI is InChI=1S/C5H8O2S.Na/c1-2-3-4-5-8(6)7;/h1H,3-5H2,(H,6,7);/q;+1/p-1. The maximum Gasteiger partial charge on any atom is 1.00 e. The van der Waals surface area contributed by atoms with Crippen molar-refractivity contribution in [3.05, 3.63) is 0 Å². The topological polar surface area (TPSA) is 40.1 Å². The Morgan fingerprint density at radius 1 is 1.67 bits per heavy atom. The Morgan fingerprint density at radius 3 is 2.56 bits per heavy atom. The van der Waals surface area contributed by atoms with E-state index < -0.39 is 11.1 Å². The van der Waals surface area contributed by atoms with Crippen molar-refractivity contribution in [1.82, 2.24) is 0 Å². The van der Waals surface area contributed by atoms with Crippen LogP contribution in [0, 0.1) is 12.3 Å². The molecule has 0 aromatic heterocycles. The van der Waals surface area contributed by atoms with Crippen LogP contribution in [0.25, 0.3) is 0 Å². The predicted octanol–water partition coefficient (Wildman–Crippen LogP) is -2.72. The molecule has 0 heterocycles. The van der Waals surface area contributed by atoms with Crippen LogP contribution in [0.1, 0.15) is 12.8 Å². The van der Waals surface area contributed by atoms with Gasteiger partial charge in [0, 0.05) is 12.2 Å². The molecule has 0 fully saturated rings. The van der Waals surface area contributed by atoms with Crippen LogP contribution >= 0.6 is 0 Å². The van der Waals surface area contributed by atoms with Gasteiger partial charge in [0.25, 0.3) is 0 Å². The molecule has 0 saturated carbocycles. The molecule has 1 unspecified atom stereocenters. The van der Waals surface area contributed by atoms with Crippen LogP contribution in [0.2, 0.25) is 0 Å². The molecule has 2 nitrogen and oxygen atoms in total. The maximum atomic E-state index is 9.81. The van der Waals surface area contributed by atoms with E-state index in [0.717, 1.165) is 0 Å². The zero-order valence-electron chi connectivity index (χ0n) is 5.42. The first-order valence-electron chi connectivity index (χ1n) is 2.26. The molecular weight excluding hydrogens is 147 g/mol. The molecule has 4 heteroatoms. The fourth-order valence-corrected chi connectivity index (χ4v) is 0.672. The van der Waals surface area contributed by atoms with Crippen molar-refractivity contribution in [3.63, 3.8) is 0 Å². The van der Waals surface area contributed by atoms with Gasteiger partial charge < -0.3 is 4.55 Å². The molecular formula is C5H7NaO2S. The van der Waals surface area contributed by atoms with Crippen molar-refractivity contribution < 1.29 is 38.3 Å². The summed E-state index contributed by atoms with van der Waals surface area (Å²) in [5.74, 6) is 2.53. The third-order valence-corrected chi connectivity index (χ3v) is 1.25. The Balaban J connectivity index is 0. The zero-order chi connectivity index (χ0) is 6.41. The summed E-state index contributed by atoms with van der Waals surface area (Å²) in [4.78, 5) is 0. The monoisotopic (exact) mass is 154 g/mol. The van der Waals surface area contributed by atoms with Crippen molar-refractivity contribution in [2.45, 2.75) is 12.8 Å². The van der Waals surface area contributed by atoms with Gasteiger partial charge in [-0.1, -0.05) is 11.1 Å². The summed E-state index contributed by atoms with van der Waals surface area (Å²) in [7, 11) is 0. The van der Waals surface area contributed by atoms with E-state index in [1.165, 1.54) is 0 Å². The van der Waals surface area contributed by atoms with Crippen molar-refractivity contribution in [2.75, 3.05) is 5.75 Å². The fraction of sp³-hybridized carbons (Fsp3) is 0.600. The van der Waals surface area contributed by atoms with Crippen molar-refractivity contribution >= 4 is 11.1 Å². The second-order valence-corrected chi connectivity index (χ2v) is 2.33. The molecule has 0 radical (unpaired) electrons. The van der Waals surface area contributed by atoms with Gasteiger partial charge in [0.15, 0.2) is 0 Å². The van der Waals surface area contributed by atoms with E-state index in [-0.39, 0.29) is 35.3 Å². The Hall–Kier alpha value is 0.670. The van der Waals surface area contributed by atoms with Gasteiger partial charge in [-0.2, -0.15) is 0 Å². The number of hydrogen-bond acceptors (Lipinski definition) is 2. The minimum atomic E-state index is -1.91. The van der Waals surface area contributed by atoms with Crippen LogP contribution in [0.4, 0.5) is 0 Å². The third-order valence-electron chi connectivity index (χ3n) is 0.632. The SMILES string of the molecule is C#CCCCS(=O)[O-].[Na+]. The molecule has 0 spiro atoms. The van der Waals surface area contributed by atoms with Crippen LogP contribution in [-0.2, 0) is 11.1 Å². The van der Waals surface area contributed by atoms with Crippen molar-refractivity contribution in [3.8, 4) is 12.3 Å². The number of unbranched alkanes of at least 4 members (excludes halogenated alkanes) is 1. The van der Waals surface area contributed by atoms with Crippen LogP contribution < -0.4 is 29.6 Å². The first kappa shape index (κ1) is 12.4. The van der Waals surface area contributed by atoms with E-state index in [1.807, 2.05) is 0 Å². The van der Waals surface area contributed by atoms with Gasteiger partial charge >= 0.3 is 29.6 Å². The fourth-order valence-electron chi connectivity index (χ4n) is 0.292. The smallest absolute Gasteiger partial charge is 0.772 e. The van der Waals surface area contributed by atoms with Crippen LogP contribution in [-0.4, -0.2) is 14.5 Å². The van der Waals surface area contributed by atoms with E-state index >= 15 is 0 Å². The quantitative estimate of drug-likeness (QED) is 0.192. The van der Waals surface area contributed by atoms with E-state index in [0.29, 0.717) is 12.8 Å². The number of hydrogen-bond donors (Lipinski definition) is 0. The molecule has 0 aliphatic carbocycles. The first-order chi connectivity index (χ1) is 3.77. The summed E-state index contributed by atoms with van der Waals surface area (Å²) < 4.78 is 19.6. The Bertz CT molecular complexity index is 119. The van der Waals surface area contributed by atoms with Gasteiger partial charge in [0.1, 0.15) is 0 Å². The molecule has 46 valence electrons. The minimum Gasteiger partial charge on any atom is -0.772 e. The molecule has 0 aliphatic rings. The number of terminal acetylenes is 1. The molecule has 1 atom stereocenters. The van der Waals surface area contributed by atoms with Crippen LogP contribution in [0.5, 0.6) is 0 Å². The second-order valence-electron chi connectivity index (χ2n) is 1.32. The summed E-state index contributed by atoms with van der Waals surface area (Å²) >= 11 is -1.91. The Labute approximate surface area is 80.0 Å². The largest absolute Gasteiger partial charge is 1.00 e. The van der Waals surface area contributed by atoms with E-state index in [9.17, 15) is 8.76 Å². The predicted molar refractivity (Wildman–Crippen MR) is 31.9 cm³/mol. The van der Waals surface area contributed by atoms with Gasteiger partial charge in [-0.15, -0.1) is 12.3 Å². The molecule has 0 aromatic carbocycles. The van der Waals surface area contributed by atoms with Gasteiger partial charge in [0.05, 0.1) is 0 Å². The van der Waals surface area contributed by atoms with Crippen LogP contribution in [0.15, 0.2) is 0 Å². The molecule has 0 aromatic rings. The maximum absolute atomic E-state index is 9.81. The van der Waals surface area contributed by atoms with Gasteiger partial charge in [-0.25, -0.2) is 0 Å². The average Bonchev–Trinajstić information content (AvgIpc) is 1.66. The molecule has 0 rings (SSSR count). The van der Waals surface area contributed by atoms with E-state index in [2.05, 4.69) is 5.92 Å². The van der Waals surface area contributed by atoms with Gasteiger partial charge in [0.2, 0.25) is 0 Å². The number of rotatable bonds is 3. The Morgan fingerprint density at radius 2 is 2.22 bits per heavy atom. The molecule has 0 amide bonds. The second kappa shape index (κ2) is 8.67. The van der Waals surface area contributed by atoms with Gasteiger partial charge in [-0.05, 0) is 6.42 Å². The van der Waals surface area contributed by atoms with Crippen molar-refractivity contribution in [1.29, 1.82) is 0 Å². The summed E-state index contributed by atoms with van der Waals surface area (Å²) in [5.41, 5.74) is 0.